The molecule has 96 valence electrons. The number of benzene rings is 1. The van der Waals surface area contributed by atoms with Gasteiger partial charge in [-0.2, -0.15) is 0 Å². The first-order valence-corrected chi connectivity index (χ1v) is 7.28. The third kappa shape index (κ3) is 3.18. The van der Waals surface area contributed by atoms with Gasteiger partial charge in [0.15, 0.2) is 0 Å². The van der Waals surface area contributed by atoms with Crippen LogP contribution in [0.1, 0.15) is 34.8 Å². The molecule has 18 heavy (non-hydrogen) atoms. The van der Waals surface area contributed by atoms with Crippen LogP contribution in [-0.2, 0) is 6.42 Å². The molecule has 0 aliphatic carbocycles. The molecular weight excluding hydrogens is 240 g/mol. The number of hydrogen-bond donors (Lipinski definition) is 1. The molecule has 0 fully saturated rings. The van der Waals surface area contributed by atoms with Gasteiger partial charge in [0.05, 0.1) is 5.01 Å². The van der Waals surface area contributed by atoms with Gasteiger partial charge in [-0.15, -0.1) is 11.3 Å². The predicted octanol–water partition coefficient (Wildman–Crippen LogP) is 3.65. The summed E-state index contributed by atoms with van der Waals surface area (Å²) in [6.07, 6.45) is 0.969. The number of rotatable bonds is 5. The molecule has 1 unspecified atom stereocenters. The Bertz CT molecular complexity index is 505. The van der Waals surface area contributed by atoms with Gasteiger partial charge in [-0.25, -0.2) is 4.98 Å². The third-order valence-corrected chi connectivity index (χ3v) is 4.05. The van der Waals surface area contributed by atoms with E-state index in [-0.39, 0.29) is 0 Å². The third-order valence-electron chi connectivity index (χ3n) is 3.06. The zero-order chi connectivity index (χ0) is 13.0. The van der Waals surface area contributed by atoms with Crippen LogP contribution in [0.3, 0.4) is 0 Å². The van der Waals surface area contributed by atoms with Crippen LogP contribution in [0, 0.1) is 13.8 Å². The van der Waals surface area contributed by atoms with Gasteiger partial charge in [-0.1, -0.05) is 31.2 Å². The van der Waals surface area contributed by atoms with E-state index in [0.717, 1.165) is 18.7 Å². The van der Waals surface area contributed by atoms with Crippen molar-refractivity contribution in [1.82, 2.24) is 10.3 Å². The quantitative estimate of drug-likeness (QED) is 0.887. The highest BCUT2D eigenvalue weighted by atomic mass is 32.1. The van der Waals surface area contributed by atoms with Crippen LogP contribution >= 0.6 is 11.3 Å². The lowest BCUT2D eigenvalue weighted by Gasteiger charge is -2.19. The molecular formula is C15H20N2S. The summed E-state index contributed by atoms with van der Waals surface area (Å²) in [6.45, 7) is 7.35. The standard InChI is InChI=1S/C15H20N2S/c1-4-16-14(9-15-17-12(3)10-18-15)13-8-6-5-7-11(13)2/h5-8,10,14,16H,4,9H2,1-3H3. The van der Waals surface area contributed by atoms with Crippen molar-refractivity contribution < 1.29 is 0 Å². The monoisotopic (exact) mass is 260 g/mol. The van der Waals surface area contributed by atoms with Crippen molar-refractivity contribution in [2.45, 2.75) is 33.2 Å². The highest BCUT2D eigenvalue weighted by molar-refractivity contribution is 7.09. The molecule has 1 heterocycles. The summed E-state index contributed by atoms with van der Waals surface area (Å²) >= 11 is 1.75. The molecule has 2 aromatic rings. The number of nitrogens with one attached hydrogen (secondary N) is 1. The second-order valence-electron chi connectivity index (χ2n) is 4.55. The summed E-state index contributed by atoms with van der Waals surface area (Å²) in [5, 5.41) is 6.90. The van der Waals surface area contributed by atoms with Crippen molar-refractivity contribution >= 4 is 11.3 Å². The second kappa shape index (κ2) is 6.12. The summed E-state index contributed by atoms with van der Waals surface area (Å²) in [5.41, 5.74) is 3.85. The SMILES string of the molecule is CCNC(Cc1nc(C)cs1)c1ccccc1C. The van der Waals surface area contributed by atoms with Gasteiger partial charge in [0, 0.05) is 23.5 Å². The highest BCUT2D eigenvalue weighted by Crippen LogP contribution is 2.23. The summed E-state index contributed by atoms with van der Waals surface area (Å²) in [5.74, 6) is 0. The lowest BCUT2D eigenvalue weighted by atomic mass is 9.99. The van der Waals surface area contributed by atoms with Crippen LogP contribution in [0.25, 0.3) is 0 Å². The van der Waals surface area contributed by atoms with Crippen LogP contribution in [0.4, 0.5) is 0 Å². The molecule has 0 aliphatic heterocycles. The van der Waals surface area contributed by atoms with E-state index in [1.807, 2.05) is 0 Å². The van der Waals surface area contributed by atoms with Gasteiger partial charge < -0.3 is 5.32 Å². The van der Waals surface area contributed by atoms with E-state index in [1.165, 1.54) is 16.1 Å². The number of aryl methyl sites for hydroxylation is 2. The Morgan fingerprint density at radius 1 is 1.28 bits per heavy atom. The summed E-state index contributed by atoms with van der Waals surface area (Å²) in [6, 6.07) is 8.95. The minimum Gasteiger partial charge on any atom is -0.310 e. The lowest BCUT2D eigenvalue weighted by Crippen LogP contribution is -2.23. The Morgan fingerprint density at radius 3 is 2.67 bits per heavy atom. The molecule has 2 rings (SSSR count). The van der Waals surface area contributed by atoms with Crippen LogP contribution < -0.4 is 5.32 Å². The average Bonchev–Trinajstić information content (AvgIpc) is 2.75. The van der Waals surface area contributed by atoms with Crippen molar-refractivity contribution in [1.29, 1.82) is 0 Å². The van der Waals surface area contributed by atoms with Gasteiger partial charge in [-0.3, -0.25) is 0 Å². The largest absolute Gasteiger partial charge is 0.310 e. The topological polar surface area (TPSA) is 24.9 Å². The Labute approximate surface area is 113 Å². The minimum atomic E-state index is 0.363. The minimum absolute atomic E-state index is 0.363. The van der Waals surface area contributed by atoms with Gasteiger partial charge in [0.25, 0.3) is 0 Å². The summed E-state index contributed by atoms with van der Waals surface area (Å²) in [4.78, 5) is 4.57. The number of thiazole rings is 1. The number of aromatic nitrogens is 1. The fraction of sp³-hybridized carbons (Fsp3) is 0.400. The van der Waals surface area contributed by atoms with Crippen molar-refractivity contribution in [3.63, 3.8) is 0 Å². The maximum atomic E-state index is 4.57. The van der Waals surface area contributed by atoms with E-state index in [1.54, 1.807) is 11.3 Å². The van der Waals surface area contributed by atoms with E-state index < -0.39 is 0 Å². The number of nitrogens with zero attached hydrogens (tertiary/aromatic N) is 1. The molecule has 0 radical (unpaired) electrons. The van der Waals surface area contributed by atoms with E-state index in [2.05, 4.69) is 60.7 Å². The average molecular weight is 260 g/mol. The maximum Gasteiger partial charge on any atom is 0.0947 e. The van der Waals surface area contributed by atoms with Crippen LogP contribution in [0.15, 0.2) is 29.6 Å². The Kier molecular flexibility index (Phi) is 4.50. The fourth-order valence-corrected chi connectivity index (χ4v) is 3.01. The highest BCUT2D eigenvalue weighted by Gasteiger charge is 2.14. The fourth-order valence-electron chi connectivity index (χ4n) is 2.19. The van der Waals surface area contributed by atoms with Gasteiger partial charge >= 0.3 is 0 Å². The number of likely N-dealkylation sites (N-methyl/N-ethyl adjacent to an activating group) is 1. The molecule has 0 aliphatic rings. The maximum absolute atomic E-state index is 4.57. The molecule has 0 saturated carbocycles. The molecule has 1 N–H and O–H groups in total. The molecule has 1 aromatic carbocycles. The van der Waals surface area contributed by atoms with Crippen LogP contribution in [0.2, 0.25) is 0 Å². The number of hydrogen-bond acceptors (Lipinski definition) is 3. The lowest BCUT2D eigenvalue weighted by molar-refractivity contribution is 0.546. The van der Waals surface area contributed by atoms with Crippen molar-refractivity contribution in [2.75, 3.05) is 6.54 Å². The first kappa shape index (κ1) is 13.2. The Balaban J connectivity index is 2.20. The predicted molar refractivity (Wildman–Crippen MR) is 78.2 cm³/mol. The molecule has 0 bridgehead atoms. The van der Waals surface area contributed by atoms with Crippen molar-refractivity contribution in [3.8, 4) is 0 Å². The molecule has 2 nitrogen and oxygen atoms in total. The Morgan fingerprint density at radius 2 is 2.06 bits per heavy atom. The van der Waals surface area contributed by atoms with E-state index in [0.29, 0.717) is 6.04 Å². The summed E-state index contributed by atoms with van der Waals surface area (Å²) in [7, 11) is 0. The van der Waals surface area contributed by atoms with Crippen molar-refractivity contribution in [3.05, 3.63) is 51.5 Å². The zero-order valence-electron chi connectivity index (χ0n) is 11.2. The van der Waals surface area contributed by atoms with E-state index >= 15 is 0 Å². The molecule has 0 saturated heterocycles. The second-order valence-corrected chi connectivity index (χ2v) is 5.50. The van der Waals surface area contributed by atoms with Crippen LogP contribution in [-0.4, -0.2) is 11.5 Å². The van der Waals surface area contributed by atoms with Crippen LogP contribution in [0.5, 0.6) is 0 Å². The Hall–Kier alpha value is -1.19. The molecule has 0 amide bonds. The van der Waals surface area contributed by atoms with Gasteiger partial charge in [-0.05, 0) is 31.5 Å². The van der Waals surface area contributed by atoms with Gasteiger partial charge in [0.1, 0.15) is 0 Å². The van der Waals surface area contributed by atoms with E-state index in [4.69, 9.17) is 0 Å². The normalized spacial score (nSPS) is 12.6. The van der Waals surface area contributed by atoms with E-state index in [9.17, 15) is 0 Å². The molecule has 1 aromatic heterocycles. The van der Waals surface area contributed by atoms with Gasteiger partial charge in [0.2, 0.25) is 0 Å². The molecule has 1 atom stereocenters. The first-order valence-electron chi connectivity index (χ1n) is 6.40. The smallest absolute Gasteiger partial charge is 0.0947 e. The molecule has 0 spiro atoms. The first-order chi connectivity index (χ1) is 8.70. The zero-order valence-corrected chi connectivity index (χ0v) is 12.1. The summed E-state index contributed by atoms with van der Waals surface area (Å²) < 4.78 is 0. The molecule has 3 heteroatoms. The van der Waals surface area contributed by atoms with Crippen molar-refractivity contribution in [2.24, 2.45) is 0 Å².